The lowest BCUT2D eigenvalue weighted by atomic mass is 10.1. The molecule has 28 heavy (non-hydrogen) atoms. The fraction of sp³-hybridized carbons (Fsp3) is 0.318. The van der Waals surface area contributed by atoms with Crippen LogP contribution < -0.4 is 0 Å². The van der Waals surface area contributed by atoms with Crippen molar-refractivity contribution in [3.8, 4) is 0 Å². The molecular weight excluding hydrogens is 352 g/mol. The van der Waals surface area contributed by atoms with Crippen LogP contribution in [0.1, 0.15) is 12.1 Å². The van der Waals surface area contributed by atoms with Crippen molar-refractivity contribution in [1.82, 2.24) is 19.4 Å². The van der Waals surface area contributed by atoms with E-state index in [4.69, 9.17) is 0 Å². The molecule has 1 aromatic carbocycles. The van der Waals surface area contributed by atoms with Gasteiger partial charge in [0.1, 0.15) is 0 Å². The Morgan fingerprint density at radius 2 is 2.00 bits per heavy atom. The number of hydrogen-bond acceptors (Lipinski definition) is 3. The summed E-state index contributed by atoms with van der Waals surface area (Å²) in [5.74, 6) is -0.218. The number of carbonyl (C=O) groups is 2. The van der Waals surface area contributed by atoms with Crippen molar-refractivity contribution in [1.29, 1.82) is 0 Å². The highest BCUT2D eigenvalue weighted by atomic mass is 16.2. The minimum Gasteiger partial charge on any atom is -0.346 e. The standard InChI is InChI=1S/C22H24N4O2/c1-24(12-13-25-11-9-17-6-2-3-8-20(17)25)22(28)18-14-21(27)26(15-18)16-19-7-4-5-10-23-19/h2-11,18H,12-16H2,1H3/t18-/m1/s1. The molecule has 6 heteroatoms. The van der Waals surface area contributed by atoms with Crippen molar-refractivity contribution >= 4 is 22.7 Å². The lowest BCUT2D eigenvalue weighted by Gasteiger charge is -2.22. The summed E-state index contributed by atoms with van der Waals surface area (Å²) < 4.78 is 2.16. The van der Waals surface area contributed by atoms with E-state index in [0.29, 0.717) is 19.6 Å². The maximum Gasteiger partial charge on any atom is 0.227 e. The van der Waals surface area contributed by atoms with E-state index in [1.807, 2.05) is 37.4 Å². The maximum absolute atomic E-state index is 12.8. The Hall–Kier alpha value is -3.15. The summed E-state index contributed by atoms with van der Waals surface area (Å²) in [5.41, 5.74) is 2.01. The average molecular weight is 376 g/mol. The van der Waals surface area contributed by atoms with Gasteiger partial charge in [-0.25, -0.2) is 0 Å². The number of hydrogen-bond donors (Lipinski definition) is 0. The summed E-state index contributed by atoms with van der Waals surface area (Å²) in [6.07, 6.45) is 4.05. The van der Waals surface area contributed by atoms with E-state index in [-0.39, 0.29) is 24.2 Å². The fourth-order valence-corrected chi connectivity index (χ4v) is 3.79. The number of likely N-dealkylation sites (tertiary alicyclic amines) is 1. The van der Waals surface area contributed by atoms with Crippen LogP contribution in [0.25, 0.3) is 10.9 Å². The summed E-state index contributed by atoms with van der Waals surface area (Å²) in [6.45, 7) is 2.27. The molecule has 4 rings (SSSR count). The first kappa shape index (κ1) is 18.2. The van der Waals surface area contributed by atoms with Crippen LogP contribution in [0, 0.1) is 5.92 Å². The second-order valence-corrected chi connectivity index (χ2v) is 7.32. The van der Waals surface area contributed by atoms with Gasteiger partial charge in [0.25, 0.3) is 0 Å². The van der Waals surface area contributed by atoms with Crippen LogP contribution in [0.5, 0.6) is 0 Å². The number of likely N-dealkylation sites (N-methyl/N-ethyl adjacent to an activating group) is 1. The summed E-state index contributed by atoms with van der Waals surface area (Å²) in [6, 6.07) is 16.0. The predicted octanol–water partition coefficient (Wildman–Crippen LogP) is 2.54. The first-order valence-corrected chi connectivity index (χ1v) is 9.58. The first-order chi connectivity index (χ1) is 13.6. The molecule has 1 saturated heterocycles. The van der Waals surface area contributed by atoms with Crippen LogP contribution in [0.2, 0.25) is 0 Å². The Morgan fingerprint density at radius 1 is 1.18 bits per heavy atom. The molecule has 0 saturated carbocycles. The molecule has 3 aromatic rings. The highest BCUT2D eigenvalue weighted by Gasteiger charge is 2.35. The number of benzene rings is 1. The zero-order chi connectivity index (χ0) is 19.5. The molecule has 0 N–H and O–H groups in total. The highest BCUT2D eigenvalue weighted by Crippen LogP contribution is 2.22. The lowest BCUT2D eigenvalue weighted by molar-refractivity contribution is -0.134. The minimum absolute atomic E-state index is 0.0220. The van der Waals surface area contributed by atoms with Gasteiger partial charge in [0, 0.05) is 51.0 Å². The van der Waals surface area contributed by atoms with Crippen molar-refractivity contribution in [2.24, 2.45) is 5.92 Å². The van der Waals surface area contributed by atoms with Gasteiger partial charge in [0.2, 0.25) is 11.8 Å². The number of carbonyl (C=O) groups excluding carboxylic acids is 2. The number of aromatic nitrogens is 2. The zero-order valence-corrected chi connectivity index (χ0v) is 16.0. The Morgan fingerprint density at radius 3 is 2.82 bits per heavy atom. The van der Waals surface area contributed by atoms with E-state index >= 15 is 0 Å². The maximum atomic E-state index is 12.8. The third-order valence-corrected chi connectivity index (χ3v) is 5.38. The Kier molecular flexibility index (Phi) is 5.10. The molecule has 2 aromatic heterocycles. The molecule has 3 heterocycles. The van der Waals surface area contributed by atoms with E-state index in [1.165, 1.54) is 10.9 Å². The van der Waals surface area contributed by atoms with Gasteiger partial charge in [-0.2, -0.15) is 0 Å². The number of fused-ring (bicyclic) bond motifs is 1. The van der Waals surface area contributed by atoms with Crippen LogP contribution in [0.3, 0.4) is 0 Å². The molecule has 1 atom stereocenters. The Labute approximate surface area is 164 Å². The van der Waals surface area contributed by atoms with Gasteiger partial charge in [0.15, 0.2) is 0 Å². The molecule has 144 valence electrons. The van der Waals surface area contributed by atoms with E-state index in [2.05, 4.69) is 33.9 Å². The normalized spacial score (nSPS) is 16.7. The van der Waals surface area contributed by atoms with Gasteiger partial charge >= 0.3 is 0 Å². The topological polar surface area (TPSA) is 58.4 Å². The van der Waals surface area contributed by atoms with E-state index in [9.17, 15) is 9.59 Å². The Balaban J connectivity index is 1.34. The highest BCUT2D eigenvalue weighted by molar-refractivity contribution is 5.89. The summed E-state index contributed by atoms with van der Waals surface area (Å²) in [4.78, 5) is 32.9. The van der Waals surface area contributed by atoms with Gasteiger partial charge in [-0.15, -0.1) is 0 Å². The third kappa shape index (κ3) is 3.76. The molecule has 0 spiro atoms. The molecule has 1 aliphatic heterocycles. The van der Waals surface area contributed by atoms with Gasteiger partial charge in [-0.3, -0.25) is 14.6 Å². The smallest absolute Gasteiger partial charge is 0.227 e. The van der Waals surface area contributed by atoms with Crippen molar-refractivity contribution in [3.05, 3.63) is 66.6 Å². The van der Waals surface area contributed by atoms with Gasteiger partial charge in [-0.05, 0) is 29.7 Å². The number of amides is 2. The molecular formula is C22H24N4O2. The zero-order valence-electron chi connectivity index (χ0n) is 16.0. The van der Waals surface area contributed by atoms with Crippen LogP contribution in [0.15, 0.2) is 60.9 Å². The van der Waals surface area contributed by atoms with Gasteiger partial charge < -0.3 is 14.4 Å². The molecule has 1 aliphatic rings. The number of nitrogens with zero attached hydrogens (tertiary/aromatic N) is 4. The molecule has 0 unspecified atom stereocenters. The van der Waals surface area contributed by atoms with E-state index < -0.39 is 0 Å². The van der Waals surface area contributed by atoms with Crippen LogP contribution in [-0.2, 0) is 22.7 Å². The predicted molar refractivity (Wildman–Crippen MR) is 107 cm³/mol. The third-order valence-electron chi connectivity index (χ3n) is 5.38. The molecule has 0 bridgehead atoms. The molecule has 1 fully saturated rings. The quantitative estimate of drug-likeness (QED) is 0.664. The molecule has 6 nitrogen and oxygen atoms in total. The van der Waals surface area contributed by atoms with E-state index in [1.54, 1.807) is 16.0 Å². The lowest BCUT2D eigenvalue weighted by Crippen LogP contribution is -2.36. The Bertz CT molecular complexity index is 982. The summed E-state index contributed by atoms with van der Waals surface area (Å²) in [5, 5.41) is 1.20. The second kappa shape index (κ2) is 7.84. The first-order valence-electron chi connectivity index (χ1n) is 9.58. The van der Waals surface area contributed by atoms with Crippen molar-refractivity contribution in [2.45, 2.75) is 19.5 Å². The molecule has 2 amide bonds. The largest absolute Gasteiger partial charge is 0.346 e. The number of pyridine rings is 1. The number of para-hydroxylation sites is 1. The van der Waals surface area contributed by atoms with E-state index in [0.717, 1.165) is 12.2 Å². The minimum atomic E-state index is -0.275. The monoisotopic (exact) mass is 376 g/mol. The fourth-order valence-electron chi connectivity index (χ4n) is 3.79. The second-order valence-electron chi connectivity index (χ2n) is 7.32. The SMILES string of the molecule is CN(CCn1ccc2ccccc21)C(=O)[C@@H]1CC(=O)N(Cc2ccccn2)C1. The van der Waals surface area contributed by atoms with Crippen LogP contribution >= 0.6 is 0 Å². The summed E-state index contributed by atoms with van der Waals surface area (Å²) >= 11 is 0. The van der Waals surface area contributed by atoms with Crippen molar-refractivity contribution in [3.63, 3.8) is 0 Å². The number of rotatable bonds is 6. The van der Waals surface area contributed by atoms with Crippen molar-refractivity contribution in [2.75, 3.05) is 20.1 Å². The van der Waals surface area contributed by atoms with Crippen LogP contribution in [0.4, 0.5) is 0 Å². The molecule has 0 aliphatic carbocycles. The van der Waals surface area contributed by atoms with Gasteiger partial charge in [-0.1, -0.05) is 24.3 Å². The van der Waals surface area contributed by atoms with Crippen molar-refractivity contribution < 1.29 is 9.59 Å². The average Bonchev–Trinajstić information content (AvgIpc) is 3.30. The van der Waals surface area contributed by atoms with Gasteiger partial charge in [0.05, 0.1) is 18.2 Å². The van der Waals surface area contributed by atoms with Crippen LogP contribution in [-0.4, -0.2) is 51.3 Å². The summed E-state index contributed by atoms with van der Waals surface area (Å²) in [7, 11) is 1.82. The molecule has 0 radical (unpaired) electrons.